The van der Waals surface area contributed by atoms with Crippen molar-refractivity contribution in [1.29, 1.82) is 0 Å². The SMILES string of the molecule is COc1cc(Cl)ccc1S(=O)(=O)N(C)OC. The average Bonchev–Trinajstić information content (AvgIpc) is 2.27. The van der Waals surface area contributed by atoms with Gasteiger partial charge in [0.15, 0.2) is 0 Å². The minimum absolute atomic E-state index is 0.00347. The number of sulfonamides is 1. The zero-order chi connectivity index (χ0) is 12.3. The number of methoxy groups -OCH3 is 1. The number of nitrogens with zero attached hydrogens (tertiary/aromatic N) is 1. The minimum atomic E-state index is -3.72. The molecule has 0 aromatic heterocycles. The summed E-state index contributed by atoms with van der Waals surface area (Å²) in [5, 5.41) is 0.399. The maximum atomic E-state index is 11.9. The highest BCUT2D eigenvalue weighted by Crippen LogP contribution is 2.28. The van der Waals surface area contributed by atoms with E-state index in [1.807, 2.05) is 0 Å². The molecule has 0 radical (unpaired) electrons. The average molecular weight is 266 g/mol. The van der Waals surface area contributed by atoms with Gasteiger partial charge in [0.05, 0.1) is 14.2 Å². The van der Waals surface area contributed by atoms with Crippen LogP contribution >= 0.6 is 11.6 Å². The lowest BCUT2D eigenvalue weighted by Crippen LogP contribution is -2.26. The third kappa shape index (κ3) is 2.46. The topological polar surface area (TPSA) is 55.8 Å². The molecular formula is C9H12ClNO4S. The molecule has 1 aromatic rings. The van der Waals surface area contributed by atoms with Crippen LogP contribution in [0.1, 0.15) is 0 Å². The van der Waals surface area contributed by atoms with E-state index in [1.54, 1.807) is 0 Å². The van der Waals surface area contributed by atoms with Gasteiger partial charge in [-0.1, -0.05) is 16.1 Å². The first-order valence-electron chi connectivity index (χ1n) is 4.30. The van der Waals surface area contributed by atoms with E-state index in [0.717, 1.165) is 4.47 Å². The summed E-state index contributed by atoms with van der Waals surface area (Å²) in [6.07, 6.45) is 0. The number of halogens is 1. The number of benzene rings is 1. The van der Waals surface area contributed by atoms with Gasteiger partial charge in [0.2, 0.25) is 0 Å². The predicted molar refractivity (Wildman–Crippen MR) is 60.0 cm³/mol. The standard InChI is InChI=1S/C9H12ClNO4S/c1-11(15-3)16(12,13)9-5-4-7(10)6-8(9)14-2/h4-6H,1-3H3. The molecule has 90 valence electrons. The Bertz CT molecular complexity index is 474. The number of ether oxygens (including phenoxy) is 1. The smallest absolute Gasteiger partial charge is 0.268 e. The molecule has 1 rings (SSSR count). The lowest BCUT2D eigenvalue weighted by atomic mass is 10.3. The summed E-state index contributed by atoms with van der Waals surface area (Å²) >= 11 is 5.74. The first-order valence-corrected chi connectivity index (χ1v) is 6.12. The van der Waals surface area contributed by atoms with Crippen molar-refractivity contribution in [3.05, 3.63) is 23.2 Å². The zero-order valence-corrected chi connectivity index (χ0v) is 10.7. The first kappa shape index (κ1) is 13.2. The number of hydrogen-bond acceptors (Lipinski definition) is 4. The highest BCUT2D eigenvalue weighted by molar-refractivity contribution is 7.89. The van der Waals surface area contributed by atoms with Crippen molar-refractivity contribution < 1.29 is 18.0 Å². The fourth-order valence-corrected chi connectivity index (χ4v) is 2.36. The van der Waals surface area contributed by atoms with Crippen LogP contribution in [-0.4, -0.2) is 34.2 Å². The normalized spacial score (nSPS) is 11.8. The second-order valence-corrected chi connectivity index (χ2v) is 5.23. The lowest BCUT2D eigenvalue weighted by molar-refractivity contribution is -0.0259. The molecule has 0 saturated carbocycles. The first-order chi connectivity index (χ1) is 7.43. The Balaban J connectivity index is 3.33. The molecule has 0 spiro atoms. The molecule has 0 amide bonds. The summed E-state index contributed by atoms with van der Waals surface area (Å²) in [5.41, 5.74) is 0. The summed E-state index contributed by atoms with van der Waals surface area (Å²) in [6, 6.07) is 4.27. The minimum Gasteiger partial charge on any atom is -0.495 e. The monoisotopic (exact) mass is 265 g/mol. The van der Waals surface area contributed by atoms with Crippen molar-refractivity contribution in [2.24, 2.45) is 0 Å². The van der Waals surface area contributed by atoms with Crippen LogP contribution in [0.25, 0.3) is 0 Å². The van der Waals surface area contributed by atoms with E-state index in [9.17, 15) is 8.42 Å². The summed E-state index contributed by atoms with van der Waals surface area (Å²) in [5.74, 6) is 0.177. The van der Waals surface area contributed by atoms with Gasteiger partial charge in [-0.15, -0.1) is 0 Å². The molecule has 1 aromatic carbocycles. The van der Waals surface area contributed by atoms with Gasteiger partial charge in [-0.3, -0.25) is 4.84 Å². The highest BCUT2D eigenvalue weighted by Gasteiger charge is 2.24. The molecule has 0 atom stereocenters. The summed E-state index contributed by atoms with van der Waals surface area (Å²) in [4.78, 5) is 4.66. The predicted octanol–water partition coefficient (Wildman–Crippen LogP) is 1.53. The Hall–Kier alpha value is -0.820. The quantitative estimate of drug-likeness (QED) is 0.775. The molecule has 7 heteroatoms. The van der Waals surface area contributed by atoms with E-state index in [-0.39, 0.29) is 10.6 Å². The van der Waals surface area contributed by atoms with Crippen LogP contribution in [0.2, 0.25) is 5.02 Å². The van der Waals surface area contributed by atoms with Crippen molar-refractivity contribution in [2.45, 2.75) is 4.90 Å². The molecule has 0 heterocycles. The van der Waals surface area contributed by atoms with E-state index >= 15 is 0 Å². The molecule has 0 aliphatic carbocycles. The van der Waals surface area contributed by atoms with Crippen molar-refractivity contribution in [2.75, 3.05) is 21.3 Å². The van der Waals surface area contributed by atoms with E-state index in [1.165, 1.54) is 39.5 Å². The van der Waals surface area contributed by atoms with Gasteiger partial charge in [-0.25, -0.2) is 8.42 Å². The van der Waals surface area contributed by atoms with Crippen LogP contribution in [0.15, 0.2) is 23.1 Å². The van der Waals surface area contributed by atoms with Crippen molar-refractivity contribution in [1.82, 2.24) is 4.47 Å². The third-order valence-corrected chi connectivity index (χ3v) is 3.95. The number of rotatable bonds is 4. The molecule has 0 N–H and O–H groups in total. The maximum Gasteiger partial charge on any atom is 0.268 e. The maximum absolute atomic E-state index is 11.9. The fraction of sp³-hybridized carbons (Fsp3) is 0.333. The molecular weight excluding hydrogens is 254 g/mol. The van der Waals surface area contributed by atoms with Crippen LogP contribution in [0.3, 0.4) is 0 Å². The van der Waals surface area contributed by atoms with Gasteiger partial charge in [0.1, 0.15) is 10.6 Å². The van der Waals surface area contributed by atoms with E-state index < -0.39 is 10.0 Å². The Morgan fingerprint density at radius 2 is 1.94 bits per heavy atom. The number of hydrogen-bond donors (Lipinski definition) is 0. The Morgan fingerprint density at radius 1 is 1.31 bits per heavy atom. The van der Waals surface area contributed by atoms with Gasteiger partial charge in [-0.2, -0.15) is 0 Å². The summed E-state index contributed by atoms with van der Waals surface area (Å²) in [6.45, 7) is 0. The fourth-order valence-electron chi connectivity index (χ4n) is 1.09. The number of hydroxylamine groups is 1. The highest BCUT2D eigenvalue weighted by atomic mass is 35.5. The van der Waals surface area contributed by atoms with E-state index in [0.29, 0.717) is 5.02 Å². The van der Waals surface area contributed by atoms with Crippen LogP contribution in [0, 0.1) is 0 Å². The van der Waals surface area contributed by atoms with Gasteiger partial charge in [0, 0.05) is 18.1 Å². The second-order valence-electron chi connectivity index (χ2n) is 2.89. The Morgan fingerprint density at radius 3 is 2.44 bits per heavy atom. The molecule has 0 bridgehead atoms. The molecule has 5 nitrogen and oxygen atoms in total. The van der Waals surface area contributed by atoms with Crippen LogP contribution < -0.4 is 4.74 Å². The van der Waals surface area contributed by atoms with Gasteiger partial charge in [0.25, 0.3) is 10.0 Å². The van der Waals surface area contributed by atoms with Crippen molar-refractivity contribution in [3.8, 4) is 5.75 Å². The van der Waals surface area contributed by atoms with Crippen LogP contribution in [0.4, 0.5) is 0 Å². The van der Waals surface area contributed by atoms with Crippen LogP contribution in [-0.2, 0) is 14.9 Å². The third-order valence-electron chi connectivity index (χ3n) is 2.00. The Kier molecular flexibility index (Phi) is 4.15. The molecule has 0 fully saturated rings. The van der Waals surface area contributed by atoms with Gasteiger partial charge >= 0.3 is 0 Å². The largest absolute Gasteiger partial charge is 0.495 e. The summed E-state index contributed by atoms with van der Waals surface area (Å²) in [7, 11) is 0.210. The van der Waals surface area contributed by atoms with Gasteiger partial charge < -0.3 is 4.74 Å². The van der Waals surface area contributed by atoms with E-state index in [4.69, 9.17) is 16.3 Å². The molecule has 0 saturated heterocycles. The van der Waals surface area contributed by atoms with E-state index in [2.05, 4.69) is 4.84 Å². The van der Waals surface area contributed by atoms with Gasteiger partial charge in [-0.05, 0) is 12.1 Å². The zero-order valence-electron chi connectivity index (χ0n) is 9.10. The van der Waals surface area contributed by atoms with Crippen molar-refractivity contribution in [3.63, 3.8) is 0 Å². The lowest BCUT2D eigenvalue weighted by Gasteiger charge is -2.16. The Labute approximate surface area is 99.5 Å². The summed E-state index contributed by atoms with van der Waals surface area (Å²) < 4.78 is 29.6. The molecule has 0 unspecified atom stereocenters. The molecule has 0 aliphatic rings. The van der Waals surface area contributed by atoms with Crippen LogP contribution in [0.5, 0.6) is 5.75 Å². The molecule has 0 aliphatic heterocycles. The second kappa shape index (κ2) is 5.01. The van der Waals surface area contributed by atoms with Crippen molar-refractivity contribution >= 4 is 21.6 Å². The molecule has 16 heavy (non-hydrogen) atoms.